The van der Waals surface area contributed by atoms with Crippen molar-refractivity contribution in [2.45, 2.75) is 31.7 Å². The highest BCUT2D eigenvalue weighted by Crippen LogP contribution is 2.16. The maximum absolute atomic E-state index is 10.8. The van der Waals surface area contributed by atoms with Crippen LogP contribution in [0.25, 0.3) is 0 Å². The van der Waals surface area contributed by atoms with Gasteiger partial charge in [-0.3, -0.25) is 14.9 Å². The summed E-state index contributed by atoms with van der Waals surface area (Å²) in [6.45, 7) is 0. The lowest BCUT2D eigenvalue weighted by atomic mass is 9.95. The van der Waals surface area contributed by atoms with Crippen molar-refractivity contribution in [3.63, 3.8) is 0 Å². The van der Waals surface area contributed by atoms with Gasteiger partial charge >= 0.3 is 0 Å². The van der Waals surface area contributed by atoms with E-state index in [0.29, 0.717) is 12.8 Å². The van der Waals surface area contributed by atoms with Crippen LogP contribution in [-0.2, 0) is 4.79 Å². The van der Waals surface area contributed by atoms with E-state index in [2.05, 4.69) is 0 Å². The third kappa shape index (κ3) is 4.20. The molecular weight excluding hydrogens is 214 g/mol. The van der Waals surface area contributed by atoms with Gasteiger partial charge in [-0.1, -0.05) is 12.1 Å². The smallest absolute Gasteiger partial charge is 0.270 e. The summed E-state index contributed by atoms with van der Waals surface area (Å²) >= 11 is 1.71. The molecule has 1 aromatic heterocycles. The first-order chi connectivity index (χ1) is 7.22. The summed E-state index contributed by atoms with van der Waals surface area (Å²) in [5, 5.41) is 14.2. The van der Waals surface area contributed by atoms with Crippen molar-refractivity contribution in [1.82, 2.24) is 0 Å². The Morgan fingerprint density at radius 1 is 1.33 bits per heavy atom. The highest BCUT2D eigenvalue weighted by atomic mass is 32.1. The molecule has 2 rings (SSSR count). The average Bonchev–Trinajstić information content (AvgIpc) is 2.75. The summed E-state index contributed by atoms with van der Waals surface area (Å²) in [5.41, 5.74) is 0. The first kappa shape index (κ1) is 11.8. The summed E-state index contributed by atoms with van der Waals surface area (Å²) in [6.07, 6.45) is 2.47. The predicted molar refractivity (Wildman–Crippen MR) is 58.6 cm³/mol. The Labute approximate surface area is 92.1 Å². The number of hydrogen-bond donors (Lipinski definition) is 0. The van der Waals surface area contributed by atoms with Crippen LogP contribution in [0.1, 0.15) is 25.7 Å². The third-order valence-electron chi connectivity index (χ3n) is 2.20. The number of ketones is 1. The molecule has 1 fully saturated rings. The fourth-order valence-electron chi connectivity index (χ4n) is 1.41. The zero-order valence-corrected chi connectivity index (χ0v) is 9.11. The minimum Gasteiger partial charge on any atom is -0.292 e. The van der Waals surface area contributed by atoms with Gasteiger partial charge in [0.1, 0.15) is 0 Å². The average molecular weight is 227 g/mol. The van der Waals surface area contributed by atoms with Crippen molar-refractivity contribution in [1.29, 1.82) is 0 Å². The van der Waals surface area contributed by atoms with Crippen molar-refractivity contribution < 1.29 is 9.72 Å². The molecule has 0 N–H and O–H groups in total. The predicted octanol–water partition coefficient (Wildman–Crippen LogP) is 2.52. The van der Waals surface area contributed by atoms with Crippen molar-refractivity contribution in [2.75, 3.05) is 0 Å². The first-order valence-electron chi connectivity index (χ1n) is 4.85. The quantitative estimate of drug-likeness (QED) is 0.547. The molecule has 1 atom stereocenters. The summed E-state index contributed by atoms with van der Waals surface area (Å²) in [4.78, 5) is 20.5. The van der Waals surface area contributed by atoms with Gasteiger partial charge in [0.2, 0.25) is 5.78 Å². The minimum absolute atomic E-state index is 0.198. The number of nitrogens with zero attached hydrogens (tertiary/aromatic N) is 1. The molecule has 1 saturated carbocycles. The van der Waals surface area contributed by atoms with Gasteiger partial charge in [-0.15, -0.1) is 0 Å². The van der Waals surface area contributed by atoms with Gasteiger partial charge in [-0.05, 0) is 23.6 Å². The molecule has 1 heterocycles. The molecule has 0 amide bonds. The molecule has 1 aliphatic rings. The molecule has 0 spiro atoms. The maximum atomic E-state index is 10.8. The van der Waals surface area contributed by atoms with E-state index in [1.54, 1.807) is 11.3 Å². The lowest BCUT2D eigenvalue weighted by Gasteiger charge is -2.12. The number of thiophene rings is 1. The zero-order chi connectivity index (χ0) is 11.1. The van der Waals surface area contributed by atoms with Gasteiger partial charge in [0.05, 0.1) is 0 Å². The van der Waals surface area contributed by atoms with Gasteiger partial charge in [0.25, 0.3) is 6.04 Å². The van der Waals surface area contributed by atoms with E-state index in [0.717, 1.165) is 12.8 Å². The van der Waals surface area contributed by atoms with E-state index in [1.807, 2.05) is 22.9 Å². The third-order valence-corrected chi connectivity index (χ3v) is 2.83. The number of rotatable bonds is 1. The molecule has 5 heteroatoms. The van der Waals surface area contributed by atoms with Crippen LogP contribution >= 0.6 is 11.3 Å². The maximum Gasteiger partial charge on any atom is 0.270 e. The van der Waals surface area contributed by atoms with E-state index in [-0.39, 0.29) is 5.78 Å². The van der Waals surface area contributed by atoms with Crippen molar-refractivity contribution in [2.24, 2.45) is 0 Å². The van der Waals surface area contributed by atoms with Gasteiger partial charge in [-0.2, -0.15) is 11.3 Å². The largest absolute Gasteiger partial charge is 0.292 e. The molecule has 0 radical (unpaired) electrons. The van der Waals surface area contributed by atoms with Crippen LogP contribution in [0.15, 0.2) is 22.9 Å². The lowest BCUT2D eigenvalue weighted by Crippen LogP contribution is -2.32. The Hall–Kier alpha value is -1.23. The highest BCUT2D eigenvalue weighted by Gasteiger charge is 2.31. The first-order valence-corrected chi connectivity index (χ1v) is 5.79. The molecule has 4 nitrogen and oxygen atoms in total. The number of nitro groups is 1. The summed E-state index contributed by atoms with van der Waals surface area (Å²) in [7, 11) is 0. The number of carbonyl (C=O) groups excluding carboxylic acids is 1. The zero-order valence-electron chi connectivity index (χ0n) is 8.30. The topological polar surface area (TPSA) is 60.2 Å². The number of hydrogen-bond acceptors (Lipinski definition) is 4. The van der Waals surface area contributed by atoms with E-state index >= 15 is 0 Å². The molecule has 0 aliphatic heterocycles. The Balaban J connectivity index is 0.000000187. The second-order valence-corrected chi connectivity index (χ2v) is 4.12. The SMILES string of the molecule is O=C1CCCCC1[N+](=O)[O-].c1ccsc1. The number of Topliss-reactive ketones (excluding diaryl/α,β-unsaturated/α-hetero) is 1. The van der Waals surface area contributed by atoms with Crippen LogP contribution in [0.2, 0.25) is 0 Å². The van der Waals surface area contributed by atoms with Crippen molar-refractivity contribution in [3.05, 3.63) is 33.0 Å². The molecule has 1 unspecified atom stereocenters. The molecule has 82 valence electrons. The Morgan fingerprint density at radius 3 is 2.33 bits per heavy atom. The van der Waals surface area contributed by atoms with Gasteiger partial charge in [0.15, 0.2) is 0 Å². The normalized spacial score (nSPS) is 20.3. The van der Waals surface area contributed by atoms with E-state index < -0.39 is 11.0 Å². The molecule has 0 saturated heterocycles. The van der Waals surface area contributed by atoms with Crippen LogP contribution in [0.5, 0.6) is 0 Å². The number of carbonyl (C=O) groups is 1. The Kier molecular flexibility index (Phi) is 4.97. The highest BCUT2D eigenvalue weighted by molar-refractivity contribution is 7.07. The van der Waals surface area contributed by atoms with E-state index in [1.165, 1.54) is 0 Å². The molecule has 1 aliphatic carbocycles. The second kappa shape index (κ2) is 6.29. The molecular formula is C10H13NO3S. The van der Waals surface area contributed by atoms with Gasteiger partial charge in [0, 0.05) is 17.8 Å². The van der Waals surface area contributed by atoms with Crippen LogP contribution in [0, 0.1) is 10.1 Å². The fourth-order valence-corrected chi connectivity index (χ4v) is 1.87. The van der Waals surface area contributed by atoms with E-state index in [9.17, 15) is 14.9 Å². The molecule has 0 bridgehead atoms. The lowest BCUT2D eigenvalue weighted by molar-refractivity contribution is -0.509. The molecule has 15 heavy (non-hydrogen) atoms. The molecule has 1 aromatic rings. The van der Waals surface area contributed by atoms with Crippen LogP contribution in [0.4, 0.5) is 0 Å². The molecule has 0 aromatic carbocycles. The Morgan fingerprint density at radius 2 is 2.00 bits per heavy atom. The summed E-state index contributed by atoms with van der Waals surface area (Å²) < 4.78 is 0. The minimum atomic E-state index is -0.895. The van der Waals surface area contributed by atoms with Crippen LogP contribution in [-0.4, -0.2) is 16.7 Å². The monoisotopic (exact) mass is 227 g/mol. The second-order valence-electron chi connectivity index (χ2n) is 3.31. The van der Waals surface area contributed by atoms with Crippen LogP contribution in [0.3, 0.4) is 0 Å². The van der Waals surface area contributed by atoms with Crippen molar-refractivity contribution in [3.8, 4) is 0 Å². The standard InChI is InChI=1S/C6H9NO3.C4H4S/c8-6-4-2-1-3-5(6)7(9)10;1-2-4-5-3-1/h5H,1-4H2;1-4H. The summed E-state index contributed by atoms with van der Waals surface area (Å²) in [5.74, 6) is -0.198. The van der Waals surface area contributed by atoms with Gasteiger partial charge < -0.3 is 0 Å². The fraction of sp³-hybridized carbons (Fsp3) is 0.500. The summed E-state index contributed by atoms with van der Waals surface area (Å²) in [6, 6.07) is 3.14. The van der Waals surface area contributed by atoms with Gasteiger partial charge in [-0.25, -0.2) is 0 Å². The van der Waals surface area contributed by atoms with E-state index in [4.69, 9.17) is 0 Å². The Bertz CT molecular complexity index is 293. The van der Waals surface area contributed by atoms with Crippen molar-refractivity contribution >= 4 is 17.1 Å². The van der Waals surface area contributed by atoms with Crippen LogP contribution < -0.4 is 0 Å².